The topological polar surface area (TPSA) is 20.3 Å². The maximum atomic E-state index is 11.6. The van der Waals surface area contributed by atoms with Gasteiger partial charge in [0.25, 0.3) is 0 Å². The molecule has 0 saturated heterocycles. The fraction of sp³-hybridized carbons (Fsp3) is 0.667. The molecule has 0 fully saturated rings. The van der Waals surface area contributed by atoms with Crippen LogP contribution in [0.25, 0.3) is 0 Å². The Balaban J connectivity index is 3.92. The summed E-state index contributed by atoms with van der Waals surface area (Å²) in [5.41, 5.74) is 0. The number of carbonyl (C=O) groups is 1. The van der Waals surface area contributed by atoms with Gasteiger partial charge in [-0.1, -0.05) is 38.2 Å². The lowest BCUT2D eigenvalue weighted by atomic mass is 10.2. The zero-order chi connectivity index (χ0) is 13.1. The second-order valence-corrected chi connectivity index (χ2v) is 4.42. The first-order chi connectivity index (χ1) is 8.13. The third kappa shape index (κ3) is 7.78. The van der Waals surface area contributed by atoms with Crippen molar-refractivity contribution in [3.8, 4) is 0 Å². The van der Waals surface area contributed by atoms with Gasteiger partial charge in [-0.25, -0.2) is 0 Å². The molecule has 0 heterocycles. The molecule has 17 heavy (non-hydrogen) atoms. The van der Waals surface area contributed by atoms with Crippen molar-refractivity contribution in [2.24, 2.45) is 0 Å². The van der Waals surface area contributed by atoms with E-state index in [-0.39, 0.29) is 11.9 Å². The maximum absolute atomic E-state index is 11.6. The normalized spacial score (nSPS) is 11.8. The summed E-state index contributed by atoms with van der Waals surface area (Å²) < 4.78 is 0. The van der Waals surface area contributed by atoms with Crippen molar-refractivity contribution in [3.05, 3.63) is 24.3 Å². The van der Waals surface area contributed by atoms with Crippen molar-refractivity contribution in [3.63, 3.8) is 0 Å². The molecule has 0 N–H and O–H groups in total. The molecule has 0 atom stereocenters. The molecule has 0 aromatic rings. The first-order valence-electron chi connectivity index (χ1n) is 6.72. The summed E-state index contributed by atoms with van der Waals surface area (Å²) in [6, 6.07) is 0.284. The van der Waals surface area contributed by atoms with Crippen molar-refractivity contribution in [1.82, 2.24) is 4.90 Å². The third-order valence-corrected chi connectivity index (χ3v) is 2.62. The molecule has 0 aliphatic rings. The molecule has 0 aliphatic carbocycles. The Hall–Kier alpha value is -1.05. The molecule has 0 bridgehead atoms. The number of unbranched alkanes of at least 4 members (excludes halogenated alkanes) is 1. The molecule has 1 amide bonds. The zero-order valence-electron chi connectivity index (χ0n) is 11.8. The number of carbonyl (C=O) groups excluding carboxylic acids is 1. The second-order valence-electron chi connectivity index (χ2n) is 4.42. The minimum Gasteiger partial charge on any atom is -0.337 e. The Bertz CT molecular complexity index is 254. The van der Waals surface area contributed by atoms with Gasteiger partial charge in [0, 0.05) is 19.0 Å². The van der Waals surface area contributed by atoms with E-state index in [4.69, 9.17) is 0 Å². The van der Waals surface area contributed by atoms with E-state index in [1.54, 1.807) is 0 Å². The molecule has 0 unspecified atom stereocenters. The van der Waals surface area contributed by atoms with E-state index in [0.29, 0.717) is 6.42 Å². The van der Waals surface area contributed by atoms with Gasteiger partial charge in [0.2, 0.25) is 5.91 Å². The van der Waals surface area contributed by atoms with Gasteiger partial charge < -0.3 is 4.90 Å². The molecule has 98 valence electrons. The van der Waals surface area contributed by atoms with Crippen LogP contribution in [0, 0.1) is 0 Å². The fourth-order valence-corrected chi connectivity index (χ4v) is 1.59. The van der Waals surface area contributed by atoms with Crippen molar-refractivity contribution < 1.29 is 4.79 Å². The summed E-state index contributed by atoms with van der Waals surface area (Å²) >= 11 is 0. The van der Waals surface area contributed by atoms with E-state index >= 15 is 0 Å². The summed E-state index contributed by atoms with van der Waals surface area (Å²) in [6.07, 6.45) is 12.5. The number of nitrogens with zero attached hydrogens (tertiary/aromatic N) is 1. The SMILES string of the molecule is CC/C=C\CC/C=C\CN(C(=O)CC)C(C)C. The molecule has 0 spiro atoms. The Morgan fingerprint density at radius 2 is 1.65 bits per heavy atom. The lowest BCUT2D eigenvalue weighted by Gasteiger charge is -2.24. The summed E-state index contributed by atoms with van der Waals surface area (Å²) in [4.78, 5) is 13.6. The van der Waals surface area contributed by atoms with Crippen molar-refractivity contribution in [2.75, 3.05) is 6.54 Å². The summed E-state index contributed by atoms with van der Waals surface area (Å²) in [7, 11) is 0. The Kier molecular flexibility index (Phi) is 9.50. The monoisotopic (exact) mass is 237 g/mol. The zero-order valence-corrected chi connectivity index (χ0v) is 11.8. The Morgan fingerprint density at radius 3 is 2.12 bits per heavy atom. The highest BCUT2D eigenvalue weighted by Crippen LogP contribution is 2.02. The van der Waals surface area contributed by atoms with Crippen LogP contribution in [-0.4, -0.2) is 23.4 Å². The molecule has 0 rings (SSSR count). The highest BCUT2D eigenvalue weighted by Gasteiger charge is 2.12. The number of rotatable bonds is 8. The quantitative estimate of drug-likeness (QED) is 0.462. The van der Waals surface area contributed by atoms with Crippen LogP contribution in [0.3, 0.4) is 0 Å². The van der Waals surface area contributed by atoms with Crippen LogP contribution in [-0.2, 0) is 4.79 Å². The lowest BCUT2D eigenvalue weighted by Crippen LogP contribution is -2.36. The van der Waals surface area contributed by atoms with Gasteiger partial charge in [-0.05, 0) is 33.1 Å². The first-order valence-corrected chi connectivity index (χ1v) is 6.72. The molecule has 0 radical (unpaired) electrons. The van der Waals surface area contributed by atoms with Crippen LogP contribution >= 0.6 is 0 Å². The predicted molar refractivity (Wildman–Crippen MR) is 74.9 cm³/mol. The average Bonchev–Trinajstić information content (AvgIpc) is 2.31. The van der Waals surface area contributed by atoms with Gasteiger partial charge in [-0.2, -0.15) is 0 Å². The number of hydrogen-bond acceptors (Lipinski definition) is 1. The summed E-state index contributed by atoms with van der Waals surface area (Å²) in [6.45, 7) is 8.92. The van der Waals surface area contributed by atoms with E-state index in [2.05, 4.69) is 45.1 Å². The van der Waals surface area contributed by atoms with E-state index in [9.17, 15) is 4.79 Å². The lowest BCUT2D eigenvalue weighted by molar-refractivity contribution is -0.131. The highest BCUT2D eigenvalue weighted by molar-refractivity contribution is 5.76. The van der Waals surface area contributed by atoms with Crippen LogP contribution in [0.2, 0.25) is 0 Å². The largest absolute Gasteiger partial charge is 0.337 e. The van der Waals surface area contributed by atoms with Gasteiger partial charge in [0.05, 0.1) is 0 Å². The van der Waals surface area contributed by atoms with Crippen LogP contribution < -0.4 is 0 Å². The number of hydrogen-bond donors (Lipinski definition) is 0. The van der Waals surface area contributed by atoms with Crippen molar-refractivity contribution in [1.29, 1.82) is 0 Å². The van der Waals surface area contributed by atoms with Crippen molar-refractivity contribution >= 4 is 5.91 Å². The van der Waals surface area contributed by atoms with E-state index in [1.165, 1.54) is 0 Å². The number of amides is 1. The molecule has 2 heteroatoms. The smallest absolute Gasteiger partial charge is 0.222 e. The predicted octanol–water partition coefficient (Wildman–Crippen LogP) is 3.94. The van der Waals surface area contributed by atoms with Gasteiger partial charge in [-0.15, -0.1) is 0 Å². The fourth-order valence-electron chi connectivity index (χ4n) is 1.59. The summed E-state index contributed by atoms with van der Waals surface area (Å²) in [5, 5.41) is 0. The third-order valence-electron chi connectivity index (χ3n) is 2.62. The molecule has 0 saturated carbocycles. The van der Waals surface area contributed by atoms with E-state index in [0.717, 1.165) is 25.8 Å². The molecule has 2 nitrogen and oxygen atoms in total. The van der Waals surface area contributed by atoms with Gasteiger partial charge >= 0.3 is 0 Å². The molecule has 0 aliphatic heterocycles. The molecule has 0 aromatic heterocycles. The van der Waals surface area contributed by atoms with Crippen molar-refractivity contribution in [2.45, 2.75) is 59.4 Å². The highest BCUT2D eigenvalue weighted by atomic mass is 16.2. The van der Waals surface area contributed by atoms with Crippen LogP contribution in [0.4, 0.5) is 0 Å². The van der Waals surface area contributed by atoms with Crippen LogP contribution in [0.5, 0.6) is 0 Å². The first kappa shape index (κ1) is 16.0. The minimum atomic E-state index is 0.232. The molecule has 0 aromatic carbocycles. The van der Waals surface area contributed by atoms with Gasteiger partial charge in [0.15, 0.2) is 0 Å². The van der Waals surface area contributed by atoms with Crippen LogP contribution in [0.1, 0.15) is 53.4 Å². The number of allylic oxidation sites excluding steroid dienone is 3. The van der Waals surface area contributed by atoms with Crippen LogP contribution in [0.15, 0.2) is 24.3 Å². The standard InChI is InChI=1S/C15H27NO/c1-5-7-8-9-10-11-12-13-16(14(3)4)15(17)6-2/h7-8,11-12,14H,5-6,9-10,13H2,1-4H3/b8-7-,12-11-. The maximum Gasteiger partial charge on any atom is 0.222 e. The van der Waals surface area contributed by atoms with E-state index in [1.807, 2.05) is 11.8 Å². The second kappa shape index (κ2) is 10.1. The average molecular weight is 237 g/mol. The minimum absolute atomic E-state index is 0.232. The van der Waals surface area contributed by atoms with Gasteiger partial charge in [0.1, 0.15) is 0 Å². The van der Waals surface area contributed by atoms with Gasteiger partial charge in [-0.3, -0.25) is 4.79 Å². The Morgan fingerprint density at radius 1 is 1.06 bits per heavy atom. The van der Waals surface area contributed by atoms with E-state index < -0.39 is 0 Å². The summed E-state index contributed by atoms with van der Waals surface area (Å²) in [5.74, 6) is 0.232. The Labute approximate surface area is 106 Å². The molecular formula is C15H27NO. The molecular weight excluding hydrogens is 210 g/mol.